The molecule has 0 aliphatic heterocycles. The van der Waals surface area contributed by atoms with Crippen molar-refractivity contribution >= 4 is 10.8 Å². The molecule has 0 bridgehead atoms. The van der Waals surface area contributed by atoms with Gasteiger partial charge in [0.2, 0.25) is 0 Å². The van der Waals surface area contributed by atoms with E-state index in [1.807, 2.05) is 18.3 Å². The van der Waals surface area contributed by atoms with Crippen molar-refractivity contribution in [1.29, 1.82) is 0 Å². The SMILES string of the molecule is c1cc2cc(-c3ccn[nH]3)ccc2cn1. The van der Waals surface area contributed by atoms with Gasteiger partial charge in [-0.05, 0) is 23.6 Å². The average Bonchev–Trinajstić information content (AvgIpc) is 2.82. The van der Waals surface area contributed by atoms with Gasteiger partial charge in [-0.15, -0.1) is 0 Å². The van der Waals surface area contributed by atoms with Crippen molar-refractivity contribution in [2.45, 2.75) is 0 Å². The summed E-state index contributed by atoms with van der Waals surface area (Å²) in [4.78, 5) is 4.09. The van der Waals surface area contributed by atoms with Crippen LogP contribution in [0.2, 0.25) is 0 Å². The number of benzene rings is 1. The van der Waals surface area contributed by atoms with Crippen molar-refractivity contribution in [1.82, 2.24) is 15.2 Å². The minimum absolute atomic E-state index is 1.04. The highest BCUT2D eigenvalue weighted by molar-refractivity contribution is 5.85. The summed E-state index contributed by atoms with van der Waals surface area (Å²) in [6.07, 6.45) is 5.43. The molecule has 0 amide bonds. The zero-order valence-corrected chi connectivity index (χ0v) is 8.01. The van der Waals surface area contributed by atoms with Gasteiger partial charge in [0.1, 0.15) is 0 Å². The van der Waals surface area contributed by atoms with E-state index >= 15 is 0 Å². The lowest BCUT2D eigenvalue weighted by Crippen LogP contribution is -1.80. The van der Waals surface area contributed by atoms with Gasteiger partial charge in [0.05, 0.1) is 5.69 Å². The second-order valence-corrected chi connectivity index (χ2v) is 3.41. The molecule has 0 unspecified atom stereocenters. The third-order valence-electron chi connectivity index (χ3n) is 2.45. The van der Waals surface area contributed by atoms with E-state index < -0.39 is 0 Å². The maximum atomic E-state index is 4.09. The summed E-state index contributed by atoms with van der Waals surface area (Å²) in [5, 5.41) is 9.24. The van der Waals surface area contributed by atoms with Gasteiger partial charge in [-0.2, -0.15) is 5.10 Å². The fourth-order valence-corrected chi connectivity index (χ4v) is 1.67. The van der Waals surface area contributed by atoms with E-state index in [1.165, 1.54) is 5.39 Å². The summed E-state index contributed by atoms with van der Waals surface area (Å²) in [5.74, 6) is 0. The number of rotatable bonds is 1. The van der Waals surface area contributed by atoms with Gasteiger partial charge in [-0.25, -0.2) is 0 Å². The van der Waals surface area contributed by atoms with E-state index in [0.717, 1.165) is 16.6 Å². The number of aromatic nitrogens is 3. The first-order valence-corrected chi connectivity index (χ1v) is 4.77. The second-order valence-electron chi connectivity index (χ2n) is 3.41. The first kappa shape index (κ1) is 8.17. The molecular formula is C12H9N3. The quantitative estimate of drug-likeness (QED) is 0.648. The van der Waals surface area contributed by atoms with Crippen LogP contribution in [0.5, 0.6) is 0 Å². The van der Waals surface area contributed by atoms with E-state index in [4.69, 9.17) is 0 Å². The number of pyridine rings is 1. The van der Waals surface area contributed by atoms with Crippen molar-refractivity contribution in [2.75, 3.05) is 0 Å². The Labute approximate surface area is 86.8 Å². The van der Waals surface area contributed by atoms with E-state index in [9.17, 15) is 0 Å². The van der Waals surface area contributed by atoms with Crippen LogP contribution in [-0.2, 0) is 0 Å². The van der Waals surface area contributed by atoms with Crippen LogP contribution in [0.4, 0.5) is 0 Å². The van der Waals surface area contributed by atoms with Crippen LogP contribution >= 0.6 is 0 Å². The lowest BCUT2D eigenvalue weighted by molar-refractivity contribution is 1.10. The molecule has 1 aromatic carbocycles. The number of hydrogen-bond donors (Lipinski definition) is 1. The molecule has 2 aromatic heterocycles. The Morgan fingerprint density at radius 2 is 1.93 bits per heavy atom. The molecule has 3 heteroatoms. The minimum Gasteiger partial charge on any atom is -0.278 e. The van der Waals surface area contributed by atoms with E-state index in [2.05, 4.69) is 33.4 Å². The monoisotopic (exact) mass is 195 g/mol. The van der Waals surface area contributed by atoms with Gasteiger partial charge in [-0.3, -0.25) is 10.1 Å². The molecule has 15 heavy (non-hydrogen) atoms. The molecule has 3 rings (SSSR count). The number of nitrogens with zero attached hydrogens (tertiary/aromatic N) is 2. The molecule has 3 nitrogen and oxygen atoms in total. The summed E-state index contributed by atoms with van der Waals surface area (Å²) in [7, 11) is 0. The number of aromatic amines is 1. The predicted octanol–water partition coefficient (Wildman–Crippen LogP) is 2.62. The summed E-state index contributed by atoms with van der Waals surface area (Å²) in [5.41, 5.74) is 2.18. The minimum atomic E-state index is 1.04. The highest BCUT2D eigenvalue weighted by Gasteiger charge is 1.99. The molecule has 1 N–H and O–H groups in total. The van der Waals surface area contributed by atoms with Gasteiger partial charge in [0, 0.05) is 29.5 Å². The normalized spacial score (nSPS) is 10.7. The Morgan fingerprint density at radius 1 is 0.933 bits per heavy atom. The zero-order chi connectivity index (χ0) is 10.1. The van der Waals surface area contributed by atoms with Crippen LogP contribution in [0.1, 0.15) is 0 Å². The Kier molecular flexibility index (Phi) is 1.75. The highest BCUT2D eigenvalue weighted by atomic mass is 15.1. The Balaban J connectivity index is 2.22. The molecule has 72 valence electrons. The zero-order valence-electron chi connectivity index (χ0n) is 8.01. The van der Waals surface area contributed by atoms with Crippen molar-refractivity contribution in [3.8, 4) is 11.3 Å². The lowest BCUT2D eigenvalue weighted by atomic mass is 10.1. The molecule has 2 heterocycles. The molecule has 0 spiro atoms. The molecule has 0 saturated heterocycles. The first-order chi connectivity index (χ1) is 7.43. The van der Waals surface area contributed by atoms with Gasteiger partial charge >= 0.3 is 0 Å². The van der Waals surface area contributed by atoms with Gasteiger partial charge in [0.15, 0.2) is 0 Å². The van der Waals surface area contributed by atoms with Crippen molar-refractivity contribution in [3.05, 3.63) is 48.9 Å². The topological polar surface area (TPSA) is 41.6 Å². The third-order valence-corrected chi connectivity index (χ3v) is 2.45. The predicted molar refractivity (Wildman–Crippen MR) is 59.3 cm³/mol. The van der Waals surface area contributed by atoms with Crippen LogP contribution in [0.15, 0.2) is 48.9 Å². The summed E-state index contributed by atoms with van der Waals surface area (Å²) < 4.78 is 0. The van der Waals surface area contributed by atoms with E-state index in [1.54, 1.807) is 12.4 Å². The maximum absolute atomic E-state index is 4.09. The van der Waals surface area contributed by atoms with Gasteiger partial charge in [0.25, 0.3) is 0 Å². The molecule has 0 aliphatic carbocycles. The number of fused-ring (bicyclic) bond motifs is 1. The largest absolute Gasteiger partial charge is 0.278 e. The van der Waals surface area contributed by atoms with Crippen LogP contribution in [0, 0.1) is 0 Å². The average molecular weight is 195 g/mol. The van der Waals surface area contributed by atoms with Crippen molar-refractivity contribution in [3.63, 3.8) is 0 Å². The molecular weight excluding hydrogens is 186 g/mol. The third kappa shape index (κ3) is 1.38. The van der Waals surface area contributed by atoms with Gasteiger partial charge in [-0.1, -0.05) is 12.1 Å². The number of nitrogens with one attached hydrogen (secondary N) is 1. The van der Waals surface area contributed by atoms with Crippen LogP contribution in [0.25, 0.3) is 22.0 Å². The van der Waals surface area contributed by atoms with Crippen molar-refractivity contribution < 1.29 is 0 Å². The first-order valence-electron chi connectivity index (χ1n) is 4.77. The molecule has 0 saturated carbocycles. The van der Waals surface area contributed by atoms with Crippen molar-refractivity contribution in [2.24, 2.45) is 0 Å². The van der Waals surface area contributed by atoms with Crippen LogP contribution in [0.3, 0.4) is 0 Å². The Hall–Kier alpha value is -2.16. The Bertz CT molecular complexity index is 585. The molecule has 0 atom stereocenters. The Morgan fingerprint density at radius 3 is 2.80 bits per heavy atom. The maximum Gasteiger partial charge on any atom is 0.0650 e. The lowest BCUT2D eigenvalue weighted by Gasteiger charge is -2.00. The van der Waals surface area contributed by atoms with E-state index in [-0.39, 0.29) is 0 Å². The fraction of sp³-hybridized carbons (Fsp3) is 0. The highest BCUT2D eigenvalue weighted by Crippen LogP contribution is 2.21. The number of H-pyrrole nitrogens is 1. The summed E-state index contributed by atoms with van der Waals surface area (Å²) >= 11 is 0. The van der Waals surface area contributed by atoms with Gasteiger partial charge < -0.3 is 0 Å². The van der Waals surface area contributed by atoms with Crippen LogP contribution < -0.4 is 0 Å². The smallest absolute Gasteiger partial charge is 0.0650 e. The number of hydrogen-bond acceptors (Lipinski definition) is 2. The standard InChI is InChI=1S/C12H9N3/c1-2-11-8-13-5-3-9(11)7-10(1)12-4-6-14-15-12/h1-8H,(H,14,15). The van der Waals surface area contributed by atoms with E-state index in [0.29, 0.717) is 0 Å². The fourth-order valence-electron chi connectivity index (χ4n) is 1.67. The molecule has 0 radical (unpaired) electrons. The molecule has 0 aliphatic rings. The van der Waals surface area contributed by atoms with Crippen LogP contribution in [-0.4, -0.2) is 15.2 Å². The second kappa shape index (κ2) is 3.20. The molecule has 0 fully saturated rings. The summed E-state index contributed by atoms with van der Waals surface area (Å²) in [6.45, 7) is 0. The molecule has 3 aromatic rings. The summed E-state index contributed by atoms with van der Waals surface area (Å²) in [6, 6.07) is 10.2.